The van der Waals surface area contributed by atoms with Gasteiger partial charge in [-0.05, 0) is 30.6 Å². The Balaban J connectivity index is 1.63. The molecular weight excluding hydrogens is 224 g/mol. The minimum absolute atomic E-state index is 0.0447. The van der Waals surface area contributed by atoms with Gasteiger partial charge in [0.2, 0.25) is 0 Å². The van der Waals surface area contributed by atoms with Crippen LogP contribution < -0.4 is 10.6 Å². The van der Waals surface area contributed by atoms with E-state index in [1.54, 1.807) is 0 Å². The third-order valence-corrected chi connectivity index (χ3v) is 4.67. The van der Waals surface area contributed by atoms with Crippen molar-refractivity contribution in [1.82, 2.24) is 10.6 Å². The van der Waals surface area contributed by atoms with E-state index in [0.29, 0.717) is 17.4 Å². The zero-order valence-electron chi connectivity index (χ0n) is 11.9. The van der Waals surface area contributed by atoms with Crippen LogP contribution in [0.25, 0.3) is 0 Å². The fourth-order valence-electron chi connectivity index (χ4n) is 2.98. The van der Waals surface area contributed by atoms with Crippen LogP contribution >= 0.6 is 0 Å². The number of nitrogens with one attached hydrogen (secondary N) is 2. The Bertz CT molecular complexity index is 280. The average molecular weight is 252 g/mol. The van der Waals surface area contributed by atoms with Crippen LogP contribution in [0.2, 0.25) is 0 Å². The van der Waals surface area contributed by atoms with Crippen LogP contribution in [0.15, 0.2) is 0 Å². The standard InChI is InChI=1S/C15H28N2O/c1-15(2)10-12(15)11-16-14(18)17-13-8-6-4-3-5-7-9-13/h12-13H,3-11H2,1-2H3,(H2,16,17,18). The first kappa shape index (κ1) is 13.7. The van der Waals surface area contributed by atoms with Gasteiger partial charge in [-0.2, -0.15) is 0 Å². The molecule has 2 N–H and O–H groups in total. The fourth-order valence-corrected chi connectivity index (χ4v) is 2.98. The first-order valence-electron chi connectivity index (χ1n) is 7.62. The number of rotatable bonds is 3. The van der Waals surface area contributed by atoms with Crippen molar-refractivity contribution in [2.24, 2.45) is 11.3 Å². The largest absolute Gasteiger partial charge is 0.338 e. The molecule has 0 aliphatic heterocycles. The van der Waals surface area contributed by atoms with Gasteiger partial charge in [0.15, 0.2) is 0 Å². The molecule has 2 amide bonds. The van der Waals surface area contributed by atoms with Crippen molar-refractivity contribution >= 4 is 6.03 Å². The minimum Gasteiger partial charge on any atom is -0.338 e. The Morgan fingerprint density at radius 1 is 1.11 bits per heavy atom. The van der Waals surface area contributed by atoms with E-state index >= 15 is 0 Å². The molecule has 0 bridgehead atoms. The summed E-state index contributed by atoms with van der Waals surface area (Å²) < 4.78 is 0. The van der Waals surface area contributed by atoms with Crippen LogP contribution in [0, 0.1) is 11.3 Å². The SMILES string of the molecule is CC1(C)CC1CNC(=O)NC1CCCCCCC1. The molecule has 104 valence electrons. The number of hydrogen-bond acceptors (Lipinski definition) is 1. The van der Waals surface area contributed by atoms with E-state index in [4.69, 9.17) is 0 Å². The Labute approximate surface area is 111 Å². The maximum atomic E-state index is 11.8. The van der Waals surface area contributed by atoms with Gasteiger partial charge in [0, 0.05) is 12.6 Å². The maximum absolute atomic E-state index is 11.8. The van der Waals surface area contributed by atoms with E-state index in [1.165, 1.54) is 38.5 Å². The highest BCUT2D eigenvalue weighted by atomic mass is 16.2. The second-order valence-electron chi connectivity index (χ2n) is 6.79. The number of hydrogen-bond donors (Lipinski definition) is 2. The molecule has 18 heavy (non-hydrogen) atoms. The van der Waals surface area contributed by atoms with Gasteiger partial charge in [-0.3, -0.25) is 0 Å². The van der Waals surface area contributed by atoms with E-state index in [2.05, 4.69) is 24.5 Å². The molecule has 1 atom stereocenters. The highest BCUT2D eigenvalue weighted by Crippen LogP contribution is 2.50. The summed E-state index contributed by atoms with van der Waals surface area (Å²) in [4.78, 5) is 11.8. The number of urea groups is 1. The second-order valence-corrected chi connectivity index (χ2v) is 6.79. The van der Waals surface area contributed by atoms with Gasteiger partial charge in [0.05, 0.1) is 0 Å². The molecule has 0 radical (unpaired) electrons. The molecule has 0 saturated heterocycles. The monoisotopic (exact) mass is 252 g/mol. The Morgan fingerprint density at radius 3 is 2.22 bits per heavy atom. The normalized spacial score (nSPS) is 28.0. The van der Waals surface area contributed by atoms with E-state index in [0.717, 1.165) is 19.4 Å². The zero-order chi connectivity index (χ0) is 13.0. The topological polar surface area (TPSA) is 41.1 Å². The van der Waals surface area contributed by atoms with Gasteiger partial charge in [-0.1, -0.05) is 46.0 Å². The lowest BCUT2D eigenvalue weighted by Crippen LogP contribution is -2.43. The van der Waals surface area contributed by atoms with Crippen LogP contribution in [-0.4, -0.2) is 18.6 Å². The molecular formula is C15H28N2O. The van der Waals surface area contributed by atoms with Gasteiger partial charge < -0.3 is 10.6 Å². The Morgan fingerprint density at radius 2 is 1.67 bits per heavy atom. The zero-order valence-corrected chi connectivity index (χ0v) is 11.9. The lowest BCUT2D eigenvalue weighted by Gasteiger charge is -2.21. The maximum Gasteiger partial charge on any atom is 0.315 e. The van der Waals surface area contributed by atoms with Gasteiger partial charge in [-0.15, -0.1) is 0 Å². The smallest absolute Gasteiger partial charge is 0.315 e. The molecule has 0 spiro atoms. The Kier molecular flexibility index (Phi) is 4.52. The first-order valence-corrected chi connectivity index (χ1v) is 7.62. The third kappa shape index (κ3) is 4.18. The van der Waals surface area contributed by atoms with Gasteiger partial charge in [0.25, 0.3) is 0 Å². The lowest BCUT2D eigenvalue weighted by molar-refractivity contribution is 0.233. The predicted octanol–water partition coefficient (Wildman–Crippen LogP) is 3.44. The fraction of sp³-hybridized carbons (Fsp3) is 0.933. The molecule has 2 aliphatic rings. The van der Waals surface area contributed by atoms with Crippen LogP contribution in [0.3, 0.4) is 0 Å². The molecule has 0 heterocycles. The highest BCUT2D eigenvalue weighted by Gasteiger charge is 2.45. The van der Waals surface area contributed by atoms with Crippen LogP contribution in [0.1, 0.15) is 65.2 Å². The van der Waals surface area contributed by atoms with Crippen molar-refractivity contribution < 1.29 is 4.79 Å². The van der Waals surface area contributed by atoms with E-state index in [-0.39, 0.29) is 6.03 Å². The van der Waals surface area contributed by atoms with Crippen molar-refractivity contribution in [2.45, 2.75) is 71.3 Å². The van der Waals surface area contributed by atoms with Crippen LogP contribution in [0.5, 0.6) is 0 Å². The van der Waals surface area contributed by atoms with Crippen LogP contribution in [-0.2, 0) is 0 Å². The summed E-state index contributed by atoms with van der Waals surface area (Å²) >= 11 is 0. The van der Waals surface area contributed by atoms with Crippen molar-refractivity contribution in [2.75, 3.05) is 6.54 Å². The molecule has 2 rings (SSSR count). The number of carbonyl (C=O) groups is 1. The van der Waals surface area contributed by atoms with Crippen molar-refractivity contribution in [1.29, 1.82) is 0 Å². The third-order valence-electron chi connectivity index (χ3n) is 4.67. The predicted molar refractivity (Wildman–Crippen MR) is 74.5 cm³/mol. The van der Waals surface area contributed by atoms with E-state index in [9.17, 15) is 4.79 Å². The molecule has 3 nitrogen and oxygen atoms in total. The molecule has 3 heteroatoms. The summed E-state index contributed by atoms with van der Waals surface area (Å²) in [7, 11) is 0. The molecule has 0 aromatic rings. The summed E-state index contributed by atoms with van der Waals surface area (Å²) in [5.74, 6) is 0.681. The highest BCUT2D eigenvalue weighted by molar-refractivity contribution is 5.74. The first-order chi connectivity index (χ1) is 8.58. The average Bonchev–Trinajstić information content (AvgIpc) is 2.87. The van der Waals surface area contributed by atoms with Gasteiger partial charge in [-0.25, -0.2) is 4.79 Å². The molecule has 2 aliphatic carbocycles. The summed E-state index contributed by atoms with van der Waals surface area (Å²) in [6.07, 6.45) is 10.1. The van der Waals surface area contributed by atoms with E-state index < -0.39 is 0 Å². The minimum atomic E-state index is 0.0447. The molecule has 1 unspecified atom stereocenters. The van der Waals surface area contributed by atoms with Crippen LogP contribution in [0.4, 0.5) is 4.79 Å². The van der Waals surface area contributed by atoms with E-state index in [1.807, 2.05) is 0 Å². The van der Waals surface area contributed by atoms with Gasteiger partial charge in [0.1, 0.15) is 0 Å². The van der Waals surface area contributed by atoms with Crippen molar-refractivity contribution in [3.8, 4) is 0 Å². The number of amides is 2. The summed E-state index contributed by atoms with van der Waals surface area (Å²) in [6.45, 7) is 5.38. The van der Waals surface area contributed by atoms with Gasteiger partial charge >= 0.3 is 6.03 Å². The number of carbonyl (C=O) groups excluding carboxylic acids is 1. The molecule has 0 aromatic carbocycles. The molecule has 0 aromatic heterocycles. The summed E-state index contributed by atoms with van der Waals surface area (Å²) in [5.41, 5.74) is 0.452. The Hall–Kier alpha value is -0.730. The molecule has 2 saturated carbocycles. The van der Waals surface area contributed by atoms with Crippen molar-refractivity contribution in [3.63, 3.8) is 0 Å². The summed E-state index contributed by atoms with van der Waals surface area (Å²) in [6, 6.07) is 0.445. The quantitative estimate of drug-likeness (QED) is 0.793. The van der Waals surface area contributed by atoms with Crippen molar-refractivity contribution in [3.05, 3.63) is 0 Å². The second kappa shape index (κ2) is 5.94. The molecule has 2 fully saturated rings. The lowest BCUT2D eigenvalue weighted by atomic mass is 9.97. The summed E-state index contributed by atoms with van der Waals surface area (Å²) in [5, 5.41) is 6.18.